The second-order valence-corrected chi connectivity index (χ2v) is 11.3. The van der Waals surface area contributed by atoms with Gasteiger partial charge in [-0.1, -0.05) is 52.6 Å². The number of rotatable bonds is 6. The number of benzene rings is 3. The molecule has 6 heteroatoms. The number of ether oxygens (including phenoxy) is 1. The average Bonchev–Trinajstić information content (AvgIpc) is 3.84. The lowest BCUT2D eigenvalue weighted by Crippen LogP contribution is -2.12. The van der Waals surface area contributed by atoms with E-state index in [0.29, 0.717) is 33.8 Å². The highest BCUT2D eigenvalue weighted by Crippen LogP contribution is 2.57. The quantitative estimate of drug-likeness (QED) is 0.237. The van der Waals surface area contributed by atoms with E-state index in [-0.39, 0.29) is 5.41 Å². The summed E-state index contributed by atoms with van der Waals surface area (Å²) in [6.07, 6.45) is 7.26. The Hall–Kier alpha value is -3.08. The number of carbonyl (C=O) groups is 1. The average molecular weight is 530 g/mol. The van der Waals surface area contributed by atoms with Gasteiger partial charge in [0.05, 0.1) is 15.6 Å². The smallest absolute Gasteiger partial charge is 0.150 e. The summed E-state index contributed by atoms with van der Waals surface area (Å²) in [4.78, 5) is 11.4. The Morgan fingerprint density at radius 1 is 0.973 bits per heavy atom. The van der Waals surface area contributed by atoms with Gasteiger partial charge in [0.2, 0.25) is 0 Å². The minimum atomic E-state index is 0.0281. The van der Waals surface area contributed by atoms with Crippen LogP contribution in [0.15, 0.2) is 59.1 Å². The molecular formula is C31H25Cl2NO3. The highest BCUT2D eigenvalue weighted by Gasteiger charge is 2.49. The van der Waals surface area contributed by atoms with E-state index in [1.807, 2.05) is 24.3 Å². The van der Waals surface area contributed by atoms with E-state index in [1.54, 1.807) is 0 Å². The van der Waals surface area contributed by atoms with Crippen molar-refractivity contribution in [3.63, 3.8) is 0 Å². The molecule has 0 atom stereocenters. The molecule has 0 N–H and O–H groups in total. The Morgan fingerprint density at radius 3 is 2.49 bits per heavy atom. The predicted octanol–water partition coefficient (Wildman–Crippen LogP) is 8.10. The molecule has 1 spiro atoms. The molecule has 0 radical (unpaired) electrons. The monoisotopic (exact) mass is 529 g/mol. The van der Waals surface area contributed by atoms with Gasteiger partial charge >= 0.3 is 0 Å². The molecule has 4 nitrogen and oxygen atoms in total. The van der Waals surface area contributed by atoms with Crippen LogP contribution in [0.5, 0.6) is 5.75 Å². The summed E-state index contributed by atoms with van der Waals surface area (Å²) in [5, 5.41) is 5.47. The van der Waals surface area contributed by atoms with E-state index in [2.05, 4.69) is 35.5 Å². The van der Waals surface area contributed by atoms with E-state index in [0.717, 1.165) is 67.4 Å². The van der Waals surface area contributed by atoms with Crippen molar-refractivity contribution in [3.8, 4) is 17.0 Å². The topological polar surface area (TPSA) is 52.3 Å². The molecule has 37 heavy (non-hydrogen) atoms. The van der Waals surface area contributed by atoms with Gasteiger partial charge in [0.15, 0.2) is 0 Å². The van der Waals surface area contributed by atoms with E-state index in [1.165, 1.54) is 22.3 Å². The number of nitrogens with zero attached hydrogens (tertiary/aromatic N) is 1. The van der Waals surface area contributed by atoms with Gasteiger partial charge in [0, 0.05) is 22.5 Å². The number of aromatic nitrogens is 1. The molecule has 0 unspecified atom stereocenters. The van der Waals surface area contributed by atoms with Crippen molar-refractivity contribution >= 4 is 29.5 Å². The molecule has 186 valence electrons. The summed E-state index contributed by atoms with van der Waals surface area (Å²) >= 11 is 13.0. The highest BCUT2D eigenvalue weighted by molar-refractivity contribution is 6.39. The van der Waals surface area contributed by atoms with Crippen molar-refractivity contribution in [3.05, 3.63) is 104 Å². The summed E-state index contributed by atoms with van der Waals surface area (Å²) in [5.74, 6) is 2.07. The molecule has 3 aromatic carbocycles. The first-order valence-corrected chi connectivity index (χ1v) is 13.6. The molecule has 2 saturated carbocycles. The van der Waals surface area contributed by atoms with Gasteiger partial charge in [-0.15, -0.1) is 0 Å². The minimum absolute atomic E-state index is 0.0281. The Balaban J connectivity index is 1.21. The fourth-order valence-corrected chi connectivity index (χ4v) is 6.52. The summed E-state index contributed by atoms with van der Waals surface area (Å²) in [5.41, 5.74) is 8.40. The Morgan fingerprint density at radius 2 is 1.76 bits per heavy atom. The molecule has 0 amide bonds. The molecule has 1 heterocycles. The summed E-state index contributed by atoms with van der Waals surface area (Å²) in [6, 6.07) is 18.1. The number of carbonyl (C=O) groups excluding carboxylic acids is 1. The van der Waals surface area contributed by atoms with Crippen LogP contribution in [0.2, 0.25) is 10.0 Å². The molecule has 0 bridgehead atoms. The SMILES string of the molecule is O=Cc1ccc2c(c1)C1(CC1)c1ccc(OCc3c(-c4c(Cl)cccc4Cl)noc3C3CC3)cc1CC2. The van der Waals surface area contributed by atoms with Crippen LogP contribution in [0, 0.1) is 0 Å². The van der Waals surface area contributed by atoms with Crippen LogP contribution >= 0.6 is 23.2 Å². The second-order valence-electron chi connectivity index (χ2n) is 10.5. The number of halogens is 2. The fraction of sp³-hybridized carbons (Fsp3) is 0.290. The number of aldehydes is 1. The first-order chi connectivity index (χ1) is 18.1. The van der Waals surface area contributed by atoms with Crippen molar-refractivity contribution in [1.82, 2.24) is 5.16 Å². The number of hydrogen-bond donors (Lipinski definition) is 0. The van der Waals surface area contributed by atoms with Crippen LogP contribution < -0.4 is 4.74 Å². The van der Waals surface area contributed by atoms with Crippen molar-refractivity contribution < 1.29 is 14.1 Å². The van der Waals surface area contributed by atoms with Crippen molar-refractivity contribution in [2.75, 3.05) is 0 Å². The zero-order chi connectivity index (χ0) is 25.1. The van der Waals surface area contributed by atoms with Crippen LogP contribution in [0.1, 0.15) is 75.5 Å². The second kappa shape index (κ2) is 8.75. The third kappa shape index (κ3) is 3.89. The summed E-state index contributed by atoms with van der Waals surface area (Å²) < 4.78 is 12.2. The lowest BCUT2D eigenvalue weighted by atomic mass is 9.84. The molecule has 0 saturated heterocycles. The summed E-state index contributed by atoms with van der Waals surface area (Å²) in [6.45, 7) is 0.332. The highest BCUT2D eigenvalue weighted by atomic mass is 35.5. The van der Waals surface area contributed by atoms with Crippen LogP contribution in [-0.4, -0.2) is 11.4 Å². The molecule has 3 aliphatic carbocycles. The van der Waals surface area contributed by atoms with Gasteiger partial charge in [0.25, 0.3) is 0 Å². The number of hydrogen-bond acceptors (Lipinski definition) is 4. The molecular weight excluding hydrogens is 505 g/mol. The molecule has 1 aromatic heterocycles. The first kappa shape index (κ1) is 23.1. The van der Waals surface area contributed by atoms with Crippen LogP contribution in [0.25, 0.3) is 11.3 Å². The molecule has 7 rings (SSSR count). The lowest BCUT2D eigenvalue weighted by Gasteiger charge is -2.20. The van der Waals surface area contributed by atoms with E-state index >= 15 is 0 Å². The van der Waals surface area contributed by atoms with Gasteiger partial charge < -0.3 is 9.26 Å². The van der Waals surface area contributed by atoms with Crippen LogP contribution in [-0.2, 0) is 24.9 Å². The van der Waals surface area contributed by atoms with E-state index < -0.39 is 0 Å². The minimum Gasteiger partial charge on any atom is -0.489 e. The van der Waals surface area contributed by atoms with E-state index in [9.17, 15) is 4.79 Å². The Kier molecular flexibility index (Phi) is 5.45. The molecule has 0 aliphatic heterocycles. The van der Waals surface area contributed by atoms with Gasteiger partial charge in [0.1, 0.15) is 30.1 Å². The normalized spacial score (nSPS) is 17.1. The maximum atomic E-state index is 11.4. The first-order valence-electron chi connectivity index (χ1n) is 12.8. The summed E-state index contributed by atoms with van der Waals surface area (Å²) in [7, 11) is 0. The van der Waals surface area contributed by atoms with Gasteiger partial charge in [-0.3, -0.25) is 4.79 Å². The number of fused-ring (bicyclic) bond motifs is 4. The van der Waals surface area contributed by atoms with Crippen molar-refractivity contribution in [2.24, 2.45) is 0 Å². The van der Waals surface area contributed by atoms with Crippen LogP contribution in [0.3, 0.4) is 0 Å². The Labute approximate surface area is 225 Å². The Bertz CT molecular complexity index is 1530. The largest absolute Gasteiger partial charge is 0.489 e. The zero-order valence-corrected chi connectivity index (χ0v) is 21.7. The van der Waals surface area contributed by atoms with Crippen LogP contribution in [0.4, 0.5) is 0 Å². The third-order valence-corrected chi connectivity index (χ3v) is 8.77. The fourth-order valence-electron chi connectivity index (χ4n) is 5.95. The third-order valence-electron chi connectivity index (χ3n) is 8.14. The molecule has 2 fully saturated rings. The maximum absolute atomic E-state index is 11.4. The van der Waals surface area contributed by atoms with E-state index in [4.69, 9.17) is 32.5 Å². The lowest BCUT2D eigenvalue weighted by molar-refractivity contribution is 0.112. The molecule has 3 aliphatic rings. The zero-order valence-electron chi connectivity index (χ0n) is 20.2. The van der Waals surface area contributed by atoms with Crippen molar-refractivity contribution in [1.29, 1.82) is 0 Å². The molecule has 4 aromatic rings. The van der Waals surface area contributed by atoms with Gasteiger partial charge in [-0.05, 0) is 91.1 Å². The predicted molar refractivity (Wildman–Crippen MR) is 144 cm³/mol. The maximum Gasteiger partial charge on any atom is 0.150 e. The van der Waals surface area contributed by atoms with Gasteiger partial charge in [-0.25, -0.2) is 0 Å². The standard InChI is InChI=1S/C31H25Cl2NO3/c32-26-2-1-3-27(33)28(26)29-23(30(37-34-29)20-7-8-20)17-36-22-10-11-24-21(15-22)9-6-19-5-4-18(16-35)14-25(19)31(24)12-13-31/h1-5,10-11,14-16,20H,6-9,12-13,17H2. The number of aryl methyl sites for hydroxylation is 2. The van der Waals surface area contributed by atoms with Gasteiger partial charge in [-0.2, -0.15) is 0 Å². The van der Waals surface area contributed by atoms with Crippen molar-refractivity contribution in [2.45, 2.75) is 56.5 Å².